The minimum atomic E-state index is -4.03. The number of piperidine rings is 1. The first-order chi connectivity index (χ1) is 19.5. The second kappa shape index (κ2) is 13.1. The molecule has 4 rings (SSSR count). The minimum Gasteiger partial charge on any atom is -0.459 e. The molecule has 0 saturated carbocycles. The number of amides is 1. The molecule has 1 aliphatic rings. The molecule has 3 aromatic rings. The molecule has 2 heterocycles. The Kier molecular flexibility index (Phi) is 9.61. The van der Waals surface area contributed by atoms with Crippen LogP contribution >= 0.6 is 0 Å². The normalized spacial score (nSPS) is 16.5. The van der Waals surface area contributed by atoms with E-state index in [2.05, 4.69) is 25.2 Å². The van der Waals surface area contributed by atoms with E-state index >= 15 is 0 Å². The Bertz CT molecular complexity index is 1410. The van der Waals surface area contributed by atoms with E-state index in [9.17, 15) is 18.0 Å². The van der Waals surface area contributed by atoms with E-state index in [4.69, 9.17) is 4.74 Å². The molecule has 10 nitrogen and oxygen atoms in total. The van der Waals surface area contributed by atoms with Gasteiger partial charge >= 0.3 is 5.97 Å². The Balaban J connectivity index is 1.38. The van der Waals surface area contributed by atoms with Crippen molar-refractivity contribution in [2.24, 2.45) is 0 Å². The summed E-state index contributed by atoms with van der Waals surface area (Å²) < 4.78 is 33.6. The van der Waals surface area contributed by atoms with E-state index < -0.39 is 33.5 Å². The SMILES string of the molecule is CC(C)(C)OC(=O)C(CNC(=O)c1ccc(N2CCCC(Nc3ccccn3)C2)cc1)NS(=O)(=O)c1ccccc1. The lowest BCUT2D eigenvalue weighted by Crippen LogP contribution is -2.50. The number of nitrogens with zero attached hydrogens (tertiary/aromatic N) is 2. The number of ether oxygens (including phenoxy) is 1. The average Bonchev–Trinajstić information content (AvgIpc) is 2.95. The molecule has 218 valence electrons. The molecule has 0 bridgehead atoms. The highest BCUT2D eigenvalue weighted by Gasteiger charge is 2.30. The van der Waals surface area contributed by atoms with Crippen LogP contribution in [-0.2, 0) is 19.6 Å². The van der Waals surface area contributed by atoms with Gasteiger partial charge in [0.25, 0.3) is 5.91 Å². The molecule has 11 heteroatoms. The molecule has 3 N–H and O–H groups in total. The number of benzene rings is 2. The third-order valence-corrected chi connectivity index (χ3v) is 7.93. The molecule has 0 radical (unpaired) electrons. The number of hydrogen-bond donors (Lipinski definition) is 3. The molecule has 2 atom stereocenters. The van der Waals surface area contributed by atoms with Crippen LogP contribution < -0.4 is 20.3 Å². The molecule has 1 saturated heterocycles. The number of aromatic nitrogens is 1. The van der Waals surface area contributed by atoms with Gasteiger partial charge in [-0.25, -0.2) is 13.4 Å². The molecule has 2 aromatic carbocycles. The van der Waals surface area contributed by atoms with E-state index in [-0.39, 0.29) is 17.5 Å². The van der Waals surface area contributed by atoms with Crippen molar-refractivity contribution < 1.29 is 22.7 Å². The van der Waals surface area contributed by atoms with Crippen LogP contribution in [0.15, 0.2) is 83.9 Å². The summed E-state index contributed by atoms with van der Waals surface area (Å²) in [5.41, 5.74) is 0.549. The van der Waals surface area contributed by atoms with Crippen molar-refractivity contribution in [3.8, 4) is 0 Å². The molecule has 0 aliphatic carbocycles. The third kappa shape index (κ3) is 8.76. The summed E-state index contributed by atoms with van der Waals surface area (Å²) in [7, 11) is -4.03. The van der Waals surface area contributed by atoms with Gasteiger partial charge in [-0.15, -0.1) is 0 Å². The van der Waals surface area contributed by atoms with E-state index in [1.807, 2.05) is 30.3 Å². The van der Waals surface area contributed by atoms with Crippen molar-refractivity contribution in [1.29, 1.82) is 0 Å². The highest BCUT2D eigenvalue weighted by atomic mass is 32.2. The Morgan fingerprint density at radius 2 is 1.73 bits per heavy atom. The predicted molar refractivity (Wildman–Crippen MR) is 158 cm³/mol. The summed E-state index contributed by atoms with van der Waals surface area (Å²) in [4.78, 5) is 32.5. The summed E-state index contributed by atoms with van der Waals surface area (Å²) >= 11 is 0. The van der Waals surface area contributed by atoms with Gasteiger partial charge in [-0.05, 0) is 82.1 Å². The van der Waals surface area contributed by atoms with Gasteiger partial charge in [-0.2, -0.15) is 4.72 Å². The van der Waals surface area contributed by atoms with Gasteiger partial charge < -0.3 is 20.3 Å². The monoisotopic (exact) mass is 579 g/mol. The van der Waals surface area contributed by atoms with Crippen LogP contribution in [0.3, 0.4) is 0 Å². The van der Waals surface area contributed by atoms with Gasteiger partial charge in [0.2, 0.25) is 10.0 Å². The first-order valence-corrected chi connectivity index (χ1v) is 15.1. The predicted octanol–water partition coefficient (Wildman–Crippen LogP) is 3.58. The lowest BCUT2D eigenvalue weighted by atomic mass is 10.0. The number of nitrogens with one attached hydrogen (secondary N) is 3. The summed E-state index contributed by atoms with van der Waals surface area (Å²) in [5.74, 6) is -0.369. The molecule has 2 unspecified atom stereocenters. The van der Waals surface area contributed by atoms with E-state index in [1.165, 1.54) is 12.1 Å². The largest absolute Gasteiger partial charge is 0.459 e. The van der Waals surface area contributed by atoms with Crippen molar-refractivity contribution in [3.63, 3.8) is 0 Å². The van der Waals surface area contributed by atoms with Crippen molar-refractivity contribution in [3.05, 3.63) is 84.6 Å². The van der Waals surface area contributed by atoms with E-state index in [1.54, 1.807) is 57.3 Å². The van der Waals surface area contributed by atoms with Crippen molar-refractivity contribution in [2.45, 2.75) is 56.2 Å². The van der Waals surface area contributed by atoms with Crippen LogP contribution in [0.4, 0.5) is 11.5 Å². The van der Waals surface area contributed by atoms with Crippen LogP contribution in [0.25, 0.3) is 0 Å². The highest BCUT2D eigenvalue weighted by molar-refractivity contribution is 7.89. The molecule has 1 aliphatic heterocycles. The van der Waals surface area contributed by atoms with Crippen LogP contribution in [0.5, 0.6) is 0 Å². The Morgan fingerprint density at radius 3 is 2.39 bits per heavy atom. The zero-order chi connectivity index (χ0) is 29.5. The first kappa shape index (κ1) is 30.0. The zero-order valence-electron chi connectivity index (χ0n) is 23.5. The average molecular weight is 580 g/mol. The number of anilines is 2. The quantitative estimate of drug-likeness (QED) is 0.311. The number of rotatable bonds is 10. The molecule has 1 aromatic heterocycles. The zero-order valence-corrected chi connectivity index (χ0v) is 24.4. The number of sulfonamides is 1. The topological polar surface area (TPSA) is 130 Å². The fourth-order valence-corrected chi connectivity index (χ4v) is 5.71. The van der Waals surface area contributed by atoms with Crippen molar-refractivity contribution in [2.75, 3.05) is 29.9 Å². The van der Waals surface area contributed by atoms with Gasteiger partial charge in [0.1, 0.15) is 17.5 Å². The number of pyridine rings is 1. The standard InChI is InChI=1S/C30H37N5O5S/c1-30(2,3)40-29(37)26(34-41(38,39)25-11-5-4-6-12-25)20-32-28(36)22-14-16-24(17-15-22)35-19-9-10-23(21-35)33-27-13-7-8-18-31-27/h4-8,11-18,23,26,34H,9-10,19-21H2,1-3H3,(H,31,33)(H,32,36). The number of carbonyl (C=O) groups is 2. The first-order valence-electron chi connectivity index (χ1n) is 13.6. The Morgan fingerprint density at radius 1 is 1.02 bits per heavy atom. The number of hydrogen-bond acceptors (Lipinski definition) is 8. The Labute approximate surface area is 241 Å². The highest BCUT2D eigenvalue weighted by Crippen LogP contribution is 2.22. The van der Waals surface area contributed by atoms with Crippen LogP contribution in [0.2, 0.25) is 0 Å². The maximum Gasteiger partial charge on any atom is 0.326 e. The second-order valence-corrected chi connectivity index (χ2v) is 12.6. The van der Waals surface area contributed by atoms with Gasteiger partial charge in [0.15, 0.2) is 0 Å². The molecular weight excluding hydrogens is 542 g/mol. The van der Waals surface area contributed by atoms with E-state index in [0.717, 1.165) is 37.4 Å². The second-order valence-electron chi connectivity index (χ2n) is 10.9. The fourth-order valence-electron chi connectivity index (χ4n) is 4.51. The number of esters is 1. The third-order valence-electron chi connectivity index (χ3n) is 6.44. The Hall–Kier alpha value is -3.96. The maximum atomic E-state index is 13.0. The number of carbonyl (C=O) groups excluding carboxylic acids is 2. The van der Waals surface area contributed by atoms with Crippen molar-refractivity contribution >= 4 is 33.4 Å². The molecule has 41 heavy (non-hydrogen) atoms. The molecule has 1 fully saturated rings. The van der Waals surface area contributed by atoms with Gasteiger partial charge in [-0.3, -0.25) is 9.59 Å². The van der Waals surface area contributed by atoms with E-state index in [0.29, 0.717) is 5.56 Å². The maximum absolute atomic E-state index is 13.0. The smallest absolute Gasteiger partial charge is 0.326 e. The minimum absolute atomic E-state index is 0.00524. The van der Waals surface area contributed by atoms with Crippen LogP contribution in [0.1, 0.15) is 44.0 Å². The summed E-state index contributed by atoms with van der Waals surface area (Å²) in [6.45, 7) is 6.49. The lowest BCUT2D eigenvalue weighted by Gasteiger charge is -2.35. The van der Waals surface area contributed by atoms with Crippen molar-refractivity contribution in [1.82, 2.24) is 15.0 Å². The lowest BCUT2D eigenvalue weighted by molar-refractivity contribution is -0.156. The summed E-state index contributed by atoms with van der Waals surface area (Å²) in [6, 6.07) is 19.7. The summed E-state index contributed by atoms with van der Waals surface area (Å²) in [6.07, 6.45) is 3.83. The summed E-state index contributed by atoms with van der Waals surface area (Å²) in [5, 5.41) is 6.16. The molecule has 1 amide bonds. The van der Waals surface area contributed by atoms with Crippen LogP contribution in [0, 0.1) is 0 Å². The van der Waals surface area contributed by atoms with Gasteiger partial charge in [0.05, 0.1) is 4.90 Å². The van der Waals surface area contributed by atoms with Gasteiger partial charge in [0, 0.05) is 43.1 Å². The molecule has 0 spiro atoms. The van der Waals surface area contributed by atoms with Crippen LogP contribution in [-0.4, -0.2) is 62.6 Å². The van der Waals surface area contributed by atoms with Gasteiger partial charge in [-0.1, -0.05) is 24.3 Å². The fraction of sp³-hybridized carbons (Fsp3) is 0.367. The molecular formula is C30H37N5O5S.